The summed E-state index contributed by atoms with van der Waals surface area (Å²) >= 11 is 0. The Kier molecular flexibility index (Phi) is 3.18. The van der Waals surface area contributed by atoms with Gasteiger partial charge in [0.1, 0.15) is 24.4 Å². The SMILES string of the molecule is CC1(C)O[C@@H]2[C@H](O1)[C@H]1COC/C(=C/[Si](C)(C)C)[C@@H]2O1. The predicted molar refractivity (Wildman–Crippen MR) is 74.7 cm³/mol. The predicted octanol–water partition coefficient (Wildman–Crippen LogP) is 2.11. The van der Waals surface area contributed by atoms with Gasteiger partial charge in [0.2, 0.25) is 0 Å². The molecule has 3 rings (SSSR count). The molecule has 3 fully saturated rings. The van der Waals surface area contributed by atoms with E-state index in [-0.39, 0.29) is 24.4 Å². The van der Waals surface area contributed by atoms with Crippen molar-refractivity contribution in [1.82, 2.24) is 0 Å². The second-order valence-corrected chi connectivity index (χ2v) is 12.3. The lowest BCUT2D eigenvalue weighted by molar-refractivity contribution is -0.183. The third kappa shape index (κ3) is 2.67. The minimum atomic E-state index is -1.30. The fraction of sp³-hybridized carbons (Fsp3) is 0.857. The Morgan fingerprint density at radius 3 is 2.53 bits per heavy atom. The maximum absolute atomic E-state index is 6.12. The number of hydrogen-bond donors (Lipinski definition) is 0. The first-order valence-electron chi connectivity index (χ1n) is 7.06. The van der Waals surface area contributed by atoms with E-state index in [1.165, 1.54) is 5.57 Å². The van der Waals surface area contributed by atoms with E-state index in [1.807, 2.05) is 13.8 Å². The molecule has 0 aliphatic carbocycles. The number of fused-ring (bicyclic) bond motifs is 5. The molecule has 3 aliphatic rings. The van der Waals surface area contributed by atoms with Crippen molar-refractivity contribution in [2.24, 2.45) is 0 Å². The highest BCUT2D eigenvalue weighted by atomic mass is 28.3. The van der Waals surface area contributed by atoms with Crippen LogP contribution in [0.2, 0.25) is 19.6 Å². The third-order valence-electron chi connectivity index (χ3n) is 3.68. The van der Waals surface area contributed by atoms with Gasteiger partial charge in [-0.3, -0.25) is 0 Å². The van der Waals surface area contributed by atoms with Gasteiger partial charge in [0.15, 0.2) is 5.79 Å². The lowest BCUT2D eigenvalue weighted by atomic mass is 10.0. The van der Waals surface area contributed by atoms with Gasteiger partial charge >= 0.3 is 0 Å². The van der Waals surface area contributed by atoms with E-state index in [0.717, 1.165) is 0 Å². The molecule has 0 aromatic carbocycles. The molecule has 0 amide bonds. The summed E-state index contributed by atoms with van der Waals surface area (Å²) < 4.78 is 23.9. The summed E-state index contributed by atoms with van der Waals surface area (Å²) in [5.41, 5.74) is 3.63. The van der Waals surface area contributed by atoms with Gasteiger partial charge in [-0.25, -0.2) is 0 Å². The van der Waals surface area contributed by atoms with E-state index in [2.05, 4.69) is 25.3 Å². The van der Waals surface area contributed by atoms with Crippen molar-refractivity contribution < 1.29 is 18.9 Å². The highest BCUT2D eigenvalue weighted by Crippen LogP contribution is 2.42. The van der Waals surface area contributed by atoms with Crippen molar-refractivity contribution in [2.45, 2.75) is 63.7 Å². The average Bonchev–Trinajstić information content (AvgIpc) is 2.62. The summed E-state index contributed by atoms with van der Waals surface area (Å²) in [7, 11) is -1.30. The molecule has 0 radical (unpaired) electrons. The normalized spacial score (nSPS) is 43.3. The van der Waals surface area contributed by atoms with Crippen molar-refractivity contribution in [3.8, 4) is 0 Å². The van der Waals surface area contributed by atoms with Crippen LogP contribution in [0.25, 0.3) is 0 Å². The van der Waals surface area contributed by atoms with Crippen LogP contribution in [-0.2, 0) is 18.9 Å². The van der Waals surface area contributed by atoms with E-state index in [0.29, 0.717) is 13.2 Å². The van der Waals surface area contributed by atoms with Gasteiger partial charge in [0.25, 0.3) is 0 Å². The molecule has 0 spiro atoms. The Balaban J connectivity index is 1.90. The molecule has 3 aliphatic heterocycles. The quantitative estimate of drug-likeness (QED) is 0.691. The van der Waals surface area contributed by atoms with Crippen LogP contribution in [0.3, 0.4) is 0 Å². The van der Waals surface area contributed by atoms with Crippen molar-refractivity contribution >= 4 is 8.07 Å². The van der Waals surface area contributed by atoms with Crippen LogP contribution in [-0.4, -0.2) is 51.5 Å². The van der Waals surface area contributed by atoms with Gasteiger partial charge in [0, 0.05) is 0 Å². The summed E-state index contributed by atoms with van der Waals surface area (Å²) in [5, 5.41) is 0. The van der Waals surface area contributed by atoms with Gasteiger partial charge in [-0.05, 0) is 19.4 Å². The van der Waals surface area contributed by atoms with Crippen molar-refractivity contribution in [2.75, 3.05) is 13.2 Å². The fourth-order valence-electron chi connectivity index (χ4n) is 3.17. The van der Waals surface area contributed by atoms with Crippen LogP contribution in [0.5, 0.6) is 0 Å². The summed E-state index contributed by atoms with van der Waals surface area (Å²) in [4.78, 5) is 0. The number of ether oxygens (including phenoxy) is 4. The molecule has 108 valence electrons. The standard InChI is InChI=1S/C14H24O4Si/c1-14(2)17-12-10-7-15-6-9(8-19(3,4)5)11(16-10)13(12)18-14/h8,10-13H,6-7H2,1-5H3/b9-8-/t10-,11+,12-,13+/m1/s1. The van der Waals surface area contributed by atoms with Crippen molar-refractivity contribution in [1.29, 1.82) is 0 Å². The molecule has 0 unspecified atom stereocenters. The van der Waals surface area contributed by atoms with Crippen LogP contribution in [0.15, 0.2) is 11.3 Å². The zero-order valence-electron chi connectivity index (χ0n) is 12.4. The van der Waals surface area contributed by atoms with Crippen molar-refractivity contribution in [3.05, 3.63) is 11.3 Å². The van der Waals surface area contributed by atoms with E-state index in [4.69, 9.17) is 18.9 Å². The highest BCUT2D eigenvalue weighted by Gasteiger charge is 2.56. The second kappa shape index (κ2) is 4.40. The molecular formula is C14H24O4Si. The summed E-state index contributed by atoms with van der Waals surface area (Å²) in [6.07, 6.45) is 0.0344. The molecule has 19 heavy (non-hydrogen) atoms. The van der Waals surface area contributed by atoms with Gasteiger partial charge in [0.05, 0.1) is 21.3 Å². The third-order valence-corrected chi connectivity index (χ3v) is 4.92. The molecule has 0 N–H and O–H groups in total. The maximum atomic E-state index is 6.12. The lowest BCUT2D eigenvalue weighted by Gasteiger charge is -2.24. The highest BCUT2D eigenvalue weighted by molar-refractivity contribution is 6.81. The van der Waals surface area contributed by atoms with Gasteiger partial charge < -0.3 is 18.9 Å². The topological polar surface area (TPSA) is 36.9 Å². The Labute approximate surface area is 116 Å². The van der Waals surface area contributed by atoms with E-state index in [9.17, 15) is 0 Å². The average molecular weight is 284 g/mol. The minimum absolute atomic E-state index is 0.00399. The number of hydrogen-bond acceptors (Lipinski definition) is 4. The zero-order chi connectivity index (χ0) is 13.8. The summed E-state index contributed by atoms with van der Waals surface area (Å²) in [5.74, 6) is -0.510. The first kappa shape index (κ1) is 13.8. The van der Waals surface area contributed by atoms with Crippen LogP contribution in [0.4, 0.5) is 0 Å². The minimum Gasteiger partial charge on any atom is -0.374 e. The first-order valence-corrected chi connectivity index (χ1v) is 10.6. The van der Waals surface area contributed by atoms with E-state index >= 15 is 0 Å². The molecular weight excluding hydrogens is 260 g/mol. The van der Waals surface area contributed by atoms with Gasteiger partial charge in [-0.2, -0.15) is 0 Å². The smallest absolute Gasteiger partial charge is 0.164 e. The number of rotatable bonds is 1. The zero-order valence-corrected chi connectivity index (χ0v) is 13.4. The van der Waals surface area contributed by atoms with Crippen LogP contribution in [0, 0.1) is 0 Å². The molecule has 2 bridgehead atoms. The Bertz CT molecular complexity index is 399. The molecule has 3 heterocycles. The van der Waals surface area contributed by atoms with Gasteiger partial charge in [-0.15, -0.1) is 0 Å². The molecule has 0 saturated carbocycles. The lowest BCUT2D eigenvalue weighted by Crippen LogP contribution is -2.36. The molecule has 4 nitrogen and oxygen atoms in total. The molecule has 0 aromatic heterocycles. The molecule has 0 aromatic rings. The van der Waals surface area contributed by atoms with E-state index < -0.39 is 13.9 Å². The second-order valence-electron chi connectivity index (χ2n) is 7.26. The van der Waals surface area contributed by atoms with Crippen LogP contribution < -0.4 is 0 Å². The van der Waals surface area contributed by atoms with Crippen LogP contribution in [0.1, 0.15) is 13.8 Å². The largest absolute Gasteiger partial charge is 0.374 e. The first-order chi connectivity index (χ1) is 8.75. The maximum Gasteiger partial charge on any atom is 0.164 e. The van der Waals surface area contributed by atoms with Crippen LogP contribution >= 0.6 is 0 Å². The fourth-order valence-corrected chi connectivity index (χ4v) is 4.53. The van der Waals surface area contributed by atoms with Gasteiger partial charge in [-0.1, -0.05) is 25.3 Å². The molecule has 3 saturated heterocycles. The van der Waals surface area contributed by atoms with Crippen molar-refractivity contribution in [3.63, 3.8) is 0 Å². The molecule has 4 atom stereocenters. The Morgan fingerprint density at radius 1 is 1.16 bits per heavy atom. The van der Waals surface area contributed by atoms with E-state index in [1.54, 1.807) is 0 Å². The Morgan fingerprint density at radius 2 is 1.84 bits per heavy atom. The molecule has 5 heteroatoms. The summed E-state index contributed by atoms with van der Waals surface area (Å²) in [6.45, 7) is 12.2. The summed E-state index contributed by atoms with van der Waals surface area (Å²) in [6, 6.07) is 0. The Hall–Kier alpha value is -0.203. The monoisotopic (exact) mass is 284 g/mol.